The smallest absolute Gasteiger partial charge is 0.497 e. The summed E-state index contributed by atoms with van der Waals surface area (Å²) < 4.78 is 69.0. The molecular weight excluding hydrogens is 1260 g/mol. The van der Waals surface area contributed by atoms with Crippen LogP contribution in [0.4, 0.5) is 12.9 Å². The van der Waals surface area contributed by atoms with E-state index in [4.69, 9.17) is 42.8 Å². The zero-order valence-corrected chi connectivity index (χ0v) is 51.0. The van der Waals surface area contributed by atoms with Crippen LogP contribution in [0.1, 0.15) is 29.7 Å². The first-order valence-corrected chi connectivity index (χ1v) is 25.0. The summed E-state index contributed by atoms with van der Waals surface area (Å²) in [6.07, 6.45) is -0.778. The van der Waals surface area contributed by atoms with E-state index in [1.54, 1.807) is 45.6 Å². The number of benzene rings is 6. The summed E-state index contributed by atoms with van der Waals surface area (Å²) in [6.45, 7) is -3.90. The molecule has 0 aliphatic carbocycles. The fraction of sp³-hybridized carbons (Fsp3) is 0.182. The van der Waals surface area contributed by atoms with Crippen LogP contribution in [0, 0.1) is 37.6 Å². The zero-order chi connectivity index (χ0) is 55.0. The number of fused-ring (bicyclic) bond motifs is 3. The molecule has 9 rings (SSSR count). The number of ether oxygens (including phenoxy) is 3. The summed E-state index contributed by atoms with van der Waals surface area (Å²) in [6, 6.07) is 45.7. The average Bonchev–Trinajstić information content (AvgIpc) is 4.13. The van der Waals surface area contributed by atoms with Crippen molar-refractivity contribution in [1.82, 2.24) is 9.80 Å². The largest absolute Gasteiger partial charge is 1.00 e. The zero-order valence-electron chi connectivity index (χ0n) is 42.5. The van der Waals surface area contributed by atoms with Crippen LogP contribution in [-0.2, 0) is 6.54 Å². The molecule has 0 aliphatic heterocycles. The number of hydrogen-bond acceptors (Lipinski definition) is 13. The number of nitrogens with zero attached hydrogens (tertiary/aromatic N) is 5. The van der Waals surface area contributed by atoms with Gasteiger partial charge in [0, 0.05) is 46.3 Å². The molecular formula is C55H52B2Br2F3IKN5O8. The maximum Gasteiger partial charge on any atom is 1.00 e. The minimum absolute atomic E-state index is 0. The predicted octanol–water partition coefficient (Wildman–Crippen LogP) is 10.4. The molecule has 0 amide bonds. The predicted molar refractivity (Wildman–Crippen MR) is 309 cm³/mol. The number of halogens is 6. The van der Waals surface area contributed by atoms with E-state index in [2.05, 4.69) is 72.7 Å². The molecule has 13 nitrogen and oxygen atoms in total. The maximum absolute atomic E-state index is 11.3. The van der Waals surface area contributed by atoms with Crippen LogP contribution in [0.3, 0.4) is 0 Å². The van der Waals surface area contributed by atoms with E-state index in [-0.39, 0.29) is 64.5 Å². The van der Waals surface area contributed by atoms with Crippen molar-refractivity contribution in [2.45, 2.75) is 14.0 Å². The summed E-state index contributed by atoms with van der Waals surface area (Å²) >= 11 is 8.80. The van der Waals surface area contributed by atoms with Crippen LogP contribution in [0.5, 0.6) is 17.2 Å². The topological polar surface area (TPSA) is 185 Å². The molecule has 0 fully saturated rings. The molecule has 77 heavy (non-hydrogen) atoms. The molecule has 22 heteroatoms. The van der Waals surface area contributed by atoms with Gasteiger partial charge in [-0.2, -0.15) is 15.8 Å². The molecule has 394 valence electrons. The standard InChI is InChI=1S/C19H18N2O2.C16H10BrNO2.C9H9BO4.C7H3BrIN.C3H8BF3N.CH4.K/c1-21(2)12-13-5-4-6-16(17(13)11-20)19-10-14-9-15(22-3)7-8-18(14)23-19;1-19-11-5-6-15-10(7-11)8-16(20-15)12-3-2-4-14(17)13(12)9-18;1-13-7-2-3-8-6(4-7)5-9(14-8)10(11)12;8-6-2-1-3-7(9)5(6)4-10;1-8(2)3-4(5,6)7;;/h4-10H,12H2,1-3H3;2-8H,1H3;2-5,11-12H,1H3;1-3H;3H2,1-2H3;1H4;/q;;;;-1;;+1. The Labute approximate surface area is 519 Å². The van der Waals surface area contributed by atoms with E-state index in [9.17, 15) is 23.5 Å². The molecule has 0 aliphatic rings. The molecule has 0 radical (unpaired) electrons. The SMILES string of the molecule is C.CN(C)C[B-](F)(F)F.COc1ccc2oc(-c3cccc(Br)c3C#N)cc2c1.COc1ccc2oc(-c3cccc(CN(C)C)c3C#N)cc2c1.COc1ccc2oc(B(O)O)cc2c1.N#Cc1c(Br)cccc1I.[K+]. The molecule has 3 aromatic heterocycles. The average molecular weight is 1320 g/mol. The van der Waals surface area contributed by atoms with Gasteiger partial charge in [0.25, 0.3) is 0 Å². The summed E-state index contributed by atoms with van der Waals surface area (Å²) in [4.78, 5) is 3.16. The Morgan fingerprint density at radius 2 is 1.00 bits per heavy atom. The third-order valence-electron chi connectivity index (χ3n) is 10.5. The number of furan rings is 3. The van der Waals surface area contributed by atoms with E-state index < -0.39 is 20.5 Å². The van der Waals surface area contributed by atoms with Gasteiger partial charge in [0.15, 0.2) is 0 Å². The number of hydrogen-bond donors (Lipinski definition) is 2. The normalized spacial score (nSPS) is 10.4. The van der Waals surface area contributed by atoms with Crippen molar-refractivity contribution in [2.24, 2.45) is 0 Å². The van der Waals surface area contributed by atoms with Crippen molar-refractivity contribution in [2.75, 3.05) is 56.0 Å². The van der Waals surface area contributed by atoms with Crippen LogP contribution < -0.4 is 71.3 Å². The Morgan fingerprint density at radius 1 is 0.584 bits per heavy atom. The fourth-order valence-corrected chi connectivity index (χ4v) is 9.03. The molecule has 2 N–H and O–H groups in total. The number of rotatable bonds is 10. The van der Waals surface area contributed by atoms with Crippen molar-refractivity contribution in [3.63, 3.8) is 0 Å². The van der Waals surface area contributed by atoms with E-state index in [1.807, 2.05) is 122 Å². The molecule has 0 spiro atoms. The minimum atomic E-state index is -4.61. The van der Waals surface area contributed by atoms with Crippen LogP contribution in [0.15, 0.2) is 150 Å². The van der Waals surface area contributed by atoms with Crippen LogP contribution in [-0.4, -0.2) is 89.9 Å². The first-order chi connectivity index (χ1) is 35.7. The quantitative estimate of drug-likeness (QED) is 0.0974. The van der Waals surface area contributed by atoms with Gasteiger partial charge in [-0.3, -0.25) is 0 Å². The molecule has 0 bridgehead atoms. The Morgan fingerprint density at radius 3 is 1.38 bits per heavy atom. The first kappa shape index (κ1) is 66.2. The van der Waals surface area contributed by atoms with E-state index in [1.165, 1.54) is 14.1 Å². The van der Waals surface area contributed by atoms with Gasteiger partial charge in [-0.15, -0.1) is 0 Å². The second-order valence-electron chi connectivity index (χ2n) is 16.6. The van der Waals surface area contributed by atoms with Gasteiger partial charge in [-0.05, 0) is 198 Å². The van der Waals surface area contributed by atoms with Crippen molar-refractivity contribution in [1.29, 1.82) is 15.8 Å². The van der Waals surface area contributed by atoms with Gasteiger partial charge in [0.1, 0.15) is 69.4 Å². The third-order valence-corrected chi connectivity index (χ3v) is 12.7. The van der Waals surface area contributed by atoms with E-state index in [0.29, 0.717) is 46.1 Å². The Kier molecular flexibility index (Phi) is 27.1. The molecule has 0 atom stereocenters. The molecule has 0 saturated heterocycles. The second kappa shape index (κ2) is 31.5. The summed E-state index contributed by atoms with van der Waals surface area (Å²) in [5.74, 6) is 3.64. The summed E-state index contributed by atoms with van der Waals surface area (Å²) in [5.41, 5.74) is 6.82. The van der Waals surface area contributed by atoms with Crippen molar-refractivity contribution in [3.8, 4) is 58.1 Å². The minimum Gasteiger partial charge on any atom is -0.497 e. The molecule has 9 aromatic rings. The molecule has 0 unspecified atom stereocenters. The summed E-state index contributed by atoms with van der Waals surface area (Å²) in [7, 11) is 10.0. The molecule has 0 saturated carbocycles. The first-order valence-electron chi connectivity index (χ1n) is 22.4. The Hall–Kier alpha value is -5.10. The van der Waals surface area contributed by atoms with Crippen LogP contribution in [0.2, 0.25) is 0 Å². The molecule has 6 aromatic carbocycles. The van der Waals surface area contributed by atoms with Crippen LogP contribution >= 0.6 is 54.5 Å². The van der Waals surface area contributed by atoms with Crippen molar-refractivity contribution < 1.29 is 102 Å². The molecule has 3 heterocycles. The van der Waals surface area contributed by atoms with Gasteiger partial charge >= 0.3 is 65.5 Å². The van der Waals surface area contributed by atoms with Gasteiger partial charge in [-0.1, -0.05) is 31.7 Å². The Bertz CT molecular complexity index is 3500. The monoisotopic (exact) mass is 1310 g/mol. The van der Waals surface area contributed by atoms with Gasteiger partial charge in [0.2, 0.25) is 0 Å². The van der Waals surface area contributed by atoms with E-state index >= 15 is 0 Å². The van der Waals surface area contributed by atoms with Crippen LogP contribution in [0.25, 0.3) is 55.6 Å². The number of nitriles is 3. The number of methoxy groups -OCH3 is 3. The fourth-order valence-electron chi connectivity index (χ4n) is 7.13. The van der Waals surface area contributed by atoms with Crippen molar-refractivity contribution in [3.05, 3.63) is 162 Å². The summed E-state index contributed by atoms with van der Waals surface area (Å²) in [5, 5.41) is 47.9. The van der Waals surface area contributed by atoms with Crippen molar-refractivity contribution >= 4 is 107 Å². The maximum atomic E-state index is 11.3. The Balaban J connectivity index is 0.000000264. The van der Waals surface area contributed by atoms with Gasteiger partial charge < -0.3 is 60.3 Å². The van der Waals surface area contributed by atoms with Gasteiger partial charge in [-0.25, -0.2) is 0 Å². The van der Waals surface area contributed by atoms with Gasteiger partial charge in [0.05, 0.1) is 38.0 Å². The van der Waals surface area contributed by atoms with E-state index in [0.717, 1.165) is 72.9 Å². The third kappa shape index (κ3) is 19.1. The second-order valence-corrected chi connectivity index (χ2v) is 19.5.